The summed E-state index contributed by atoms with van der Waals surface area (Å²) in [5.41, 5.74) is -0.251. The molecule has 0 aliphatic carbocycles. The molecule has 184 valence electrons. The molecule has 1 atom stereocenters. The van der Waals surface area contributed by atoms with E-state index in [4.69, 9.17) is 18.9 Å². The molecule has 0 bridgehead atoms. The predicted octanol–water partition coefficient (Wildman–Crippen LogP) is 2.78. The SMILES string of the molecule is CCOC(=O)C1=CN(CC2CCCO2)C=C(C(=O)OCC)C1c1cc(OC)c(O)c([N+](=O)[O-])c1. The maximum Gasteiger partial charge on any atom is 0.336 e. The predicted molar refractivity (Wildman–Crippen MR) is 119 cm³/mol. The molecule has 1 N–H and O–H groups in total. The van der Waals surface area contributed by atoms with E-state index in [0.29, 0.717) is 13.2 Å². The molecule has 1 fully saturated rings. The number of nitro benzene ring substituents is 1. The van der Waals surface area contributed by atoms with E-state index >= 15 is 0 Å². The zero-order valence-corrected chi connectivity index (χ0v) is 19.3. The zero-order valence-electron chi connectivity index (χ0n) is 19.3. The summed E-state index contributed by atoms with van der Waals surface area (Å²) in [6.07, 6.45) is 4.79. The van der Waals surface area contributed by atoms with Crippen molar-refractivity contribution in [3.05, 3.63) is 51.4 Å². The average Bonchev–Trinajstić information content (AvgIpc) is 3.32. The van der Waals surface area contributed by atoms with Crippen LogP contribution in [0.15, 0.2) is 35.7 Å². The van der Waals surface area contributed by atoms with Crippen molar-refractivity contribution in [3.63, 3.8) is 0 Å². The highest BCUT2D eigenvalue weighted by Gasteiger charge is 2.38. The third-order valence-electron chi connectivity index (χ3n) is 5.52. The van der Waals surface area contributed by atoms with E-state index in [2.05, 4.69) is 0 Å². The summed E-state index contributed by atoms with van der Waals surface area (Å²) in [5.74, 6) is -3.25. The Morgan fingerprint density at radius 3 is 2.26 bits per heavy atom. The van der Waals surface area contributed by atoms with Gasteiger partial charge in [0.2, 0.25) is 5.75 Å². The standard InChI is InChI=1S/C23H28N2O9/c1-4-32-22(27)16-12-24(11-15-7-6-8-34-15)13-17(23(28)33-5-2)20(16)14-9-18(25(29)30)21(26)19(10-14)31-3/h9-10,12-13,15,20,26H,4-8,11H2,1-3H3. The van der Waals surface area contributed by atoms with Crippen LogP contribution in [0.2, 0.25) is 0 Å². The van der Waals surface area contributed by atoms with Gasteiger partial charge in [-0.2, -0.15) is 0 Å². The Kier molecular flexibility index (Phi) is 8.11. The van der Waals surface area contributed by atoms with Crippen molar-refractivity contribution in [2.75, 3.05) is 33.5 Å². The van der Waals surface area contributed by atoms with Gasteiger partial charge in [0, 0.05) is 31.6 Å². The van der Waals surface area contributed by atoms with Crippen molar-refractivity contribution < 1.29 is 38.6 Å². The van der Waals surface area contributed by atoms with Crippen LogP contribution in [0.1, 0.15) is 38.2 Å². The number of phenolic OH excluding ortho intramolecular Hbond substituents is 1. The number of aromatic hydroxyl groups is 1. The minimum Gasteiger partial charge on any atom is -0.500 e. The molecule has 0 saturated carbocycles. The molecule has 3 rings (SSSR count). The molecule has 1 aromatic carbocycles. The van der Waals surface area contributed by atoms with E-state index in [9.17, 15) is 24.8 Å². The quantitative estimate of drug-likeness (QED) is 0.322. The van der Waals surface area contributed by atoms with Gasteiger partial charge in [0.1, 0.15) is 0 Å². The fourth-order valence-electron chi connectivity index (χ4n) is 4.04. The van der Waals surface area contributed by atoms with Gasteiger partial charge in [-0.1, -0.05) is 0 Å². The highest BCUT2D eigenvalue weighted by atomic mass is 16.6. The van der Waals surface area contributed by atoms with Gasteiger partial charge in [0.15, 0.2) is 5.75 Å². The highest BCUT2D eigenvalue weighted by molar-refractivity contribution is 5.98. The number of hydrogen-bond donors (Lipinski definition) is 1. The number of benzene rings is 1. The number of rotatable bonds is 9. The largest absolute Gasteiger partial charge is 0.500 e. The molecule has 2 heterocycles. The Labute approximate surface area is 196 Å². The molecule has 11 nitrogen and oxygen atoms in total. The summed E-state index contributed by atoms with van der Waals surface area (Å²) in [7, 11) is 1.25. The van der Waals surface area contributed by atoms with Crippen LogP contribution >= 0.6 is 0 Å². The number of phenols is 1. The monoisotopic (exact) mass is 476 g/mol. The van der Waals surface area contributed by atoms with E-state index in [1.807, 2.05) is 0 Å². The maximum atomic E-state index is 13.0. The van der Waals surface area contributed by atoms with Crippen molar-refractivity contribution in [2.24, 2.45) is 0 Å². The smallest absolute Gasteiger partial charge is 0.336 e. The minimum atomic E-state index is -1.05. The summed E-state index contributed by atoms with van der Waals surface area (Å²) in [5, 5.41) is 21.8. The van der Waals surface area contributed by atoms with E-state index in [0.717, 1.165) is 18.9 Å². The first-order chi connectivity index (χ1) is 16.3. The number of ether oxygens (including phenoxy) is 4. The van der Waals surface area contributed by atoms with Crippen molar-refractivity contribution in [1.29, 1.82) is 0 Å². The Morgan fingerprint density at radius 1 is 1.18 bits per heavy atom. The topological polar surface area (TPSA) is 138 Å². The normalized spacial score (nSPS) is 18.2. The van der Waals surface area contributed by atoms with Gasteiger partial charge in [0.25, 0.3) is 0 Å². The second kappa shape index (κ2) is 11.0. The molecule has 1 saturated heterocycles. The number of methoxy groups -OCH3 is 1. The molecule has 1 aromatic rings. The van der Waals surface area contributed by atoms with Gasteiger partial charge in [-0.25, -0.2) is 9.59 Å². The van der Waals surface area contributed by atoms with Crippen LogP contribution in [-0.4, -0.2) is 66.4 Å². The third-order valence-corrected chi connectivity index (χ3v) is 5.52. The maximum absolute atomic E-state index is 13.0. The first-order valence-corrected chi connectivity index (χ1v) is 11.0. The van der Waals surface area contributed by atoms with Crippen LogP contribution in [0.25, 0.3) is 0 Å². The highest BCUT2D eigenvalue weighted by Crippen LogP contribution is 2.44. The average molecular weight is 476 g/mol. The number of esters is 2. The summed E-state index contributed by atoms with van der Waals surface area (Å²) < 4.78 is 21.3. The molecule has 0 radical (unpaired) electrons. The van der Waals surface area contributed by atoms with Crippen LogP contribution in [0.4, 0.5) is 5.69 Å². The van der Waals surface area contributed by atoms with Gasteiger partial charge in [0.05, 0.1) is 48.4 Å². The molecular formula is C23H28N2O9. The van der Waals surface area contributed by atoms with E-state index < -0.39 is 34.2 Å². The lowest BCUT2D eigenvalue weighted by Crippen LogP contribution is -2.32. The minimum absolute atomic E-state index is 0.0780. The van der Waals surface area contributed by atoms with Crippen LogP contribution in [0, 0.1) is 10.1 Å². The molecule has 0 aromatic heterocycles. The van der Waals surface area contributed by atoms with Crippen molar-refractivity contribution >= 4 is 17.6 Å². The fourth-order valence-corrected chi connectivity index (χ4v) is 4.04. The Bertz CT molecular complexity index is 976. The van der Waals surface area contributed by atoms with Crippen LogP contribution in [0.5, 0.6) is 11.5 Å². The zero-order chi connectivity index (χ0) is 24.8. The molecule has 11 heteroatoms. The van der Waals surface area contributed by atoms with Crippen LogP contribution < -0.4 is 4.74 Å². The van der Waals surface area contributed by atoms with Crippen LogP contribution in [-0.2, 0) is 23.8 Å². The second-order valence-electron chi connectivity index (χ2n) is 7.72. The van der Waals surface area contributed by atoms with Gasteiger partial charge in [-0.05, 0) is 38.3 Å². The summed E-state index contributed by atoms with van der Waals surface area (Å²) >= 11 is 0. The van der Waals surface area contributed by atoms with E-state index in [1.165, 1.54) is 13.2 Å². The van der Waals surface area contributed by atoms with E-state index in [-0.39, 0.29) is 41.8 Å². The number of nitrogens with zero attached hydrogens (tertiary/aromatic N) is 2. The summed E-state index contributed by atoms with van der Waals surface area (Å²) in [4.78, 5) is 38.4. The first kappa shape index (κ1) is 25.0. The summed E-state index contributed by atoms with van der Waals surface area (Å²) in [6.45, 7) is 4.52. The Balaban J connectivity index is 2.16. The fraction of sp³-hybridized carbons (Fsp3) is 0.478. The second-order valence-corrected chi connectivity index (χ2v) is 7.72. The van der Waals surface area contributed by atoms with Crippen molar-refractivity contribution in [1.82, 2.24) is 4.90 Å². The van der Waals surface area contributed by atoms with Gasteiger partial charge < -0.3 is 29.0 Å². The number of carbonyl (C=O) groups excluding carboxylic acids is 2. The molecule has 0 amide bonds. The Morgan fingerprint density at radius 2 is 1.79 bits per heavy atom. The lowest BCUT2D eigenvalue weighted by Gasteiger charge is -2.31. The molecule has 2 aliphatic rings. The lowest BCUT2D eigenvalue weighted by atomic mass is 9.82. The van der Waals surface area contributed by atoms with Crippen molar-refractivity contribution in [3.8, 4) is 11.5 Å². The molecule has 0 spiro atoms. The number of carbonyl (C=O) groups is 2. The number of nitro groups is 1. The first-order valence-electron chi connectivity index (χ1n) is 11.0. The van der Waals surface area contributed by atoms with E-state index in [1.54, 1.807) is 31.1 Å². The molecule has 1 unspecified atom stereocenters. The van der Waals surface area contributed by atoms with Gasteiger partial charge in [-0.15, -0.1) is 0 Å². The van der Waals surface area contributed by atoms with Gasteiger partial charge >= 0.3 is 17.6 Å². The molecule has 2 aliphatic heterocycles. The van der Waals surface area contributed by atoms with Gasteiger partial charge in [-0.3, -0.25) is 10.1 Å². The molecule has 34 heavy (non-hydrogen) atoms. The third kappa shape index (κ3) is 5.30. The van der Waals surface area contributed by atoms with Crippen LogP contribution in [0.3, 0.4) is 0 Å². The van der Waals surface area contributed by atoms with Crippen molar-refractivity contribution in [2.45, 2.75) is 38.7 Å². The molecular weight excluding hydrogens is 448 g/mol. The summed E-state index contributed by atoms with van der Waals surface area (Å²) in [6, 6.07) is 2.46. The number of hydrogen-bond acceptors (Lipinski definition) is 10. The lowest BCUT2D eigenvalue weighted by molar-refractivity contribution is -0.386. The Hall–Kier alpha value is -3.60.